The highest BCUT2D eigenvalue weighted by molar-refractivity contribution is 7.87. The Balaban J connectivity index is 2.37. The van der Waals surface area contributed by atoms with Gasteiger partial charge in [-0.15, -0.1) is 5.10 Å². The monoisotopic (exact) mass is 267 g/mol. The van der Waals surface area contributed by atoms with E-state index in [0.29, 0.717) is 0 Å². The molecule has 10 heteroatoms. The van der Waals surface area contributed by atoms with E-state index in [1.807, 2.05) is 0 Å². The Hall–Kier alpha value is -1.84. The number of fused-ring (bicyclic) bond motifs is 1. The molecule has 0 saturated heterocycles. The van der Waals surface area contributed by atoms with Crippen LogP contribution >= 0.6 is 0 Å². The Kier molecular flexibility index (Phi) is 2.45. The van der Waals surface area contributed by atoms with Crippen molar-refractivity contribution in [1.29, 1.82) is 0 Å². The Bertz CT molecular complexity index is 616. The molecule has 0 aliphatic rings. The highest BCUT2D eigenvalue weighted by atomic mass is 32.2. The summed E-state index contributed by atoms with van der Waals surface area (Å²) in [5, 5.41) is 3.46. The Labute approximate surface area is 92.8 Å². The molecule has 0 aliphatic carbocycles. The first-order valence-corrected chi connectivity index (χ1v) is 5.51. The summed E-state index contributed by atoms with van der Waals surface area (Å²) in [6, 6.07) is 2.45. The van der Waals surface area contributed by atoms with Crippen molar-refractivity contribution in [3.8, 4) is 5.88 Å². The average molecular weight is 267 g/mol. The molecule has 0 spiro atoms. The van der Waals surface area contributed by atoms with Crippen molar-refractivity contribution >= 4 is 15.8 Å². The quantitative estimate of drug-likeness (QED) is 0.598. The molecule has 0 atom stereocenters. The number of alkyl halides is 3. The third-order valence-electron chi connectivity index (χ3n) is 1.69. The molecule has 92 valence electrons. The van der Waals surface area contributed by atoms with Crippen LogP contribution in [0.4, 0.5) is 13.2 Å². The van der Waals surface area contributed by atoms with Gasteiger partial charge in [-0.1, -0.05) is 0 Å². The molecule has 0 unspecified atom stereocenters. The van der Waals surface area contributed by atoms with Crippen LogP contribution < -0.4 is 4.18 Å². The lowest BCUT2D eigenvalue weighted by atomic mass is 10.6. The van der Waals surface area contributed by atoms with Gasteiger partial charge < -0.3 is 4.18 Å². The van der Waals surface area contributed by atoms with Gasteiger partial charge in [0.05, 0.1) is 0 Å². The standard InChI is InChI=1S/C7H4F3N3O3S/c8-7(9,10)17(14,15)16-6-4-5-11-2-1-3-13(5)12-6/h1-4H. The van der Waals surface area contributed by atoms with Gasteiger partial charge in [0.15, 0.2) is 5.65 Å². The number of aromatic nitrogens is 3. The Morgan fingerprint density at radius 1 is 1.35 bits per heavy atom. The highest BCUT2D eigenvalue weighted by Gasteiger charge is 2.49. The van der Waals surface area contributed by atoms with Gasteiger partial charge in [0, 0.05) is 18.5 Å². The maximum atomic E-state index is 12.0. The molecule has 2 rings (SSSR count). The number of hydrogen-bond donors (Lipinski definition) is 0. The Morgan fingerprint density at radius 2 is 2.06 bits per heavy atom. The zero-order valence-corrected chi connectivity index (χ0v) is 8.73. The van der Waals surface area contributed by atoms with Crippen LogP contribution in [-0.2, 0) is 10.1 Å². The summed E-state index contributed by atoms with van der Waals surface area (Å²) in [4.78, 5) is 3.74. The topological polar surface area (TPSA) is 73.6 Å². The van der Waals surface area contributed by atoms with E-state index in [4.69, 9.17) is 0 Å². The first kappa shape index (κ1) is 11.6. The van der Waals surface area contributed by atoms with E-state index in [9.17, 15) is 21.6 Å². The molecule has 0 saturated carbocycles. The fourth-order valence-electron chi connectivity index (χ4n) is 1.01. The maximum absolute atomic E-state index is 12.0. The van der Waals surface area contributed by atoms with E-state index in [1.165, 1.54) is 18.5 Å². The van der Waals surface area contributed by atoms with E-state index < -0.39 is 21.5 Å². The van der Waals surface area contributed by atoms with Crippen LogP contribution in [0.15, 0.2) is 24.5 Å². The molecule has 0 bridgehead atoms. The first-order valence-electron chi connectivity index (χ1n) is 4.11. The molecule has 0 aromatic carbocycles. The van der Waals surface area contributed by atoms with Crippen molar-refractivity contribution in [1.82, 2.24) is 14.6 Å². The third kappa shape index (κ3) is 2.16. The lowest BCUT2D eigenvalue weighted by Gasteiger charge is -2.06. The van der Waals surface area contributed by atoms with E-state index in [2.05, 4.69) is 14.3 Å². The molecule has 0 radical (unpaired) electrons. The lowest BCUT2D eigenvalue weighted by molar-refractivity contribution is -0.0501. The second-order valence-electron chi connectivity index (χ2n) is 2.89. The van der Waals surface area contributed by atoms with Crippen LogP contribution in [0, 0.1) is 0 Å². The van der Waals surface area contributed by atoms with Gasteiger partial charge in [0.2, 0.25) is 0 Å². The smallest absolute Gasteiger partial charge is 0.354 e. The molecule has 17 heavy (non-hydrogen) atoms. The normalized spacial score (nSPS) is 12.9. The minimum Gasteiger partial charge on any atom is -0.354 e. The van der Waals surface area contributed by atoms with Gasteiger partial charge in [-0.25, -0.2) is 9.50 Å². The minimum absolute atomic E-state index is 0.167. The van der Waals surface area contributed by atoms with Crippen molar-refractivity contribution in [2.45, 2.75) is 5.51 Å². The average Bonchev–Trinajstić information content (AvgIpc) is 2.56. The first-order chi connectivity index (χ1) is 7.79. The molecule has 6 nitrogen and oxygen atoms in total. The number of halogens is 3. The molecule has 0 fully saturated rings. The van der Waals surface area contributed by atoms with Gasteiger partial charge in [0.25, 0.3) is 5.88 Å². The zero-order chi connectivity index (χ0) is 12.7. The van der Waals surface area contributed by atoms with Gasteiger partial charge in [-0.3, -0.25) is 0 Å². The van der Waals surface area contributed by atoms with Crippen molar-refractivity contribution < 1.29 is 25.8 Å². The SMILES string of the molecule is O=S(=O)(Oc1cc2ncccn2n1)C(F)(F)F. The van der Waals surface area contributed by atoms with E-state index in [0.717, 1.165) is 10.6 Å². The minimum atomic E-state index is -5.70. The number of rotatable bonds is 2. The van der Waals surface area contributed by atoms with E-state index >= 15 is 0 Å². The molecule has 2 heterocycles. The molecule has 2 aromatic rings. The van der Waals surface area contributed by atoms with E-state index in [-0.39, 0.29) is 5.65 Å². The molecule has 0 aliphatic heterocycles. The fourth-order valence-corrected chi connectivity index (χ4v) is 1.41. The summed E-state index contributed by atoms with van der Waals surface area (Å²) in [7, 11) is -5.70. The predicted molar refractivity (Wildman–Crippen MR) is 48.6 cm³/mol. The second kappa shape index (κ2) is 3.58. The number of hydrogen-bond acceptors (Lipinski definition) is 5. The van der Waals surface area contributed by atoms with Crippen LogP contribution in [0.1, 0.15) is 0 Å². The van der Waals surface area contributed by atoms with Crippen molar-refractivity contribution in [2.24, 2.45) is 0 Å². The maximum Gasteiger partial charge on any atom is 0.534 e. The van der Waals surface area contributed by atoms with Crippen molar-refractivity contribution in [3.05, 3.63) is 24.5 Å². The van der Waals surface area contributed by atoms with Crippen LogP contribution in [0.3, 0.4) is 0 Å². The van der Waals surface area contributed by atoms with Crippen LogP contribution in [-0.4, -0.2) is 28.5 Å². The summed E-state index contributed by atoms with van der Waals surface area (Å²) >= 11 is 0. The largest absolute Gasteiger partial charge is 0.534 e. The summed E-state index contributed by atoms with van der Waals surface area (Å²) in [5.74, 6) is -0.693. The Morgan fingerprint density at radius 3 is 2.65 bits per heavy atom. The second-order valence-corrected chi connectivity index (χ2v) is 4.43. The summed E-state index contributed by atoms with van der Waals surface area (Å²) in [6.45, 7) is 0. The molecule has 2 aromatic heterocycles. The molecule has 0 N–H and O–H groups in total. The fraction of sp³-hybridized carbons (Fsp3) is 0.143. The highest BCUT2D eigenvalue weighted by Crippen LogP contribution is 2.26. The van der Waals surface area contributed by atoms with Gasteiger partial charge >= 0.3 is 15.6 Å². The van der Waals surface area contributed by atoms with Crippen LogP contribution in [0.2, 0.25) is 0 Å². The number of nitrogens with zero attached hydrogens (tertiary/aromatic N) is 3. The lowest BCUT2D eigenvalue weighted by Crippen LogP contribution is -2.28. The summed E-state index contributed by atoms with van der Waals surface area (Å²) in [5.41, 5.74) is -5.32. The van der Waals surface area contributed by atoms with Gasteiger partial charge in [-0.2, -0.15) is 21.6 Å². The molecular weight excluding hydrogens is 263 g/mol. The zero-order valence-electron chi connectivity index (χ0n) is 7.92. The van der Waals surface area contributed by atoms with Crippen LogP contribution in [0.5, 0.6) is 5.88 Å². The summed E-state index contributed by atoms with van der Waals surface area (Å²) < 4.78 is 62.3. The van der Waals surface area contributed by atoms with E-state index in [1.54, 1.807) is 0 Å². The molecular formula is C7H4F3N3O3S. The van der Waals surface area contributed by atoms with Crippen LogP contribution in [0.25, 0.3) is 5.65 Å². The third-order valence-corrected chi connectivity index (χ3v) is 2.65. The van der Waals surface area contributed by atoms with Gasteiger partial charge in [0.1, 0.15) is 0 Å². The predicted octanol–water partition coefficient (Wildman–Crippen LogP) is 0.958. The van der Waals surface area contributed by atoms with Gasteiger partial charge in [-0.05, 0) is 6.07 Å². The van der Waals surface area contributed by atoms with Crippen molar-refractivity contribution in [3.63, 3.8) is 0 Å². The summed E-state index contributed by atoms with van der Waals surface area (Å²) in [6.07, 6.45) is 2.76. The van der Waals surface area contributed by atoms with Crippen molar-refractivity contribution in [2.75, 3.05) is 0 Å². The molecule has 0 amide bonds.